The summed E-state index contributed by atoms with van der Waals surface area (Å²) in [6.07, 6.45) is 4.01. The van der Waals surface area contributed by atoms with E-state index in [1.807, 2.05) is 23.2 Å². The van der Waals surface area contributed by atoms with Gasteiger partial charge in [0.05, 0.1) is 6.04 Å². The molecule has 0 unspecified atom stereocenters. The molecule has 1 amide bonds. The van der Waals surface area contributed by atoms with Crippen LogP contribution in [0.15, 0.2) is 46.1 Å². The molecule has 8 nitrogen and oxygen atoms in total. The molecule has 3 rings (SSSR count). The molecule has 0 saturated heterocycles. The number of nitrogens with one attached hydrogen (secondary N) is 2. The van der Waals surface area contributed by atoms with Crippen LogP contribution in [0.1, 0.15) is 30.0 Å². The second-order valence-corrected chi connectivity index (χ2v) is 6.11. The third-order valence-electron chi connectivity index (χ3n) is 4.27. The van der Waals surface area contributed by atoms with Crippen molar-refractivity contribution in [2.24, 2.45) is 0 Å². The topological polar surface area (TPSA) is 110 Å². The SMILES string of the molecule is O=C(COC(=O)Cn1ccc(=O)[nH]c1=O)N[C@@H]1CCCc2ccccc21. The first kappa shape index (κ1) is 17.7. The third-order valence-corrected chi connectivity index (χ3v) is 4.27. The summed E-state index contributed by atoms with van der Waals surface area (Å²) < 4.78 is 5.92. The molecule has 1 aromatic carbocycles. The number of aryl methyl sites for hydroxylation is 1. The fourth-order valence-electron chi connectivity index (χ4n) is 3.04. The van der Waals surface area contributed by atoms with Gasteiger partial charge in [-0.05, 0) is 30.4 Å². The van der Waals surface area contributed by atoms with Crippen molar-refractivity contribution in [3.05, 3.63) is 68.5 Å². The Morgan fingerprint density at radius 3 is 2.85 bits per heavy atom. The molecule has 1 aliphatic carbocycles. The van der Waals surface area contributed by atoms with Gasteiger partial charge in [0.2, 0.25) is 0 Å². The average Bonchev–Trinajstić information content (AvgIpc) is 2.63. The Bertz CT molecular complexity index is 931. The predicted molar refractivity (Wildman–Crippen MR) is 92.5 cm³/mol. The zero-order valence-corrected chi connectivity index (χ0v) is 14.1. The first-order valence-corrected chi connectivity index (χ1v) is 8.35. The maximum atomic E-state index is 12.1. The number of ether oxygens (including phenoxy) is 1. The molecule has 2 aromatic rings. The molecule has 1 heterocycles. The number of hydrogen-bond acceptors (Lipinski definition) is 5. The monoisotopic (exact) mass is 357 g/mol. The quantitative estimate of drug-likeness (QED) is 0.747. The van der Waals surface area contributed by atoms with Crippen molar-refractivity contribution in [2.75, 3.05) is 6.61 Å². The second-order valence-electron chi connectivity index (χ2n) is 6.11. The van der Waals surface area contributed by atoms with Gasteiger partial charge in [-0.2, -0.15) is 0 Å². The molecule has 1 aromatic heterocycles. The van der Waals surface area contributed by atoms with Crippen LogP contribution in [0, 0.1) is 0 Å². The van der Waals surface area contributed by atoms with Crippen molar-refractivity contribution < 1.29 is 14.3 Å². The minimum absolute atomic E-state index is 0.0898. The molecule has 0 radical (unpaired) electrons. The zero-order chi connectivity index (χ0) is 18.5. The minimum Gasteiger partial charge on any atom is -0.454 e. The summed E-state index contributed by atoms with van der Waals surface area (Å²) >= 11 is 0. The van der Waals surface area contributed by atoms with Crippen LogP contribution in [0.3, 0.4) is 0 Å². The van der Waals surface area contributed by atoms with Gasteiger partial charge in [0.1, 0.15) is 6.54 Å². The largest absolute Gasteiger partial charge is 0.454 e. The van der Waals surface area contributed by atoms with E-state index in [-0.39, 0.29) is 12.6 Å². The number of benzene rings is 1. The standard InChI is InChI=1S/C18H19N3O5/c22-15-8-9-21(18(25)20-15)10-17(24)26-11-16(23)19-14-7-3-5-12-4-1-2-6-13(12)14/h1-2,4,6,8-9,14H,3,5,7,10-11H2,(H,19,23)(H,20,22,25)/t14-/m1/s1. The van der Waals surface area contributed by atoms with E-state index in [1.54, 1.807) is 0 Å². The van der Waals surface area contributed by atoms with E-state index in [2.05, 4.69) is 11.4 Å². The van der Waals surface area contributed by atoms with E-state index in [0.717, 1.165) is 35.5 Å². The maximum Gasteiger partial charge on any atom is 0.328 e. The lowest BCUT2D eigenvalue weighted by Crippen LogP contribution is -2.35. The highest BCUT2D eigenvalue weighted by molar-refractivity contribution is 5.80. The fraction of sp³-hybridized carbons (Fsp3) is 0.333. The molecule has 0 spiro atoms. The Hall–Kier alpha value is -3.16. The molecule has 0 aliphatic heterocycles. The van der Waals surface area contributed by atoms with Gasteiger partial charge in [0.15, 0.2) is 6.61 Å². The Morgan fingerprint density at radius 1 is 1.23 bits per heavy atom. The number of esters is 1. The predicted octanol–water partition coefficient (Wildman–Crippen LogP) is 0.274. The molecule has 1 aliphatic rings. The molecule has 1 atom stereocenters. The van der Waals surface area contributed by atoms with Crippen LogP contribution in [-0.4, -0.2) is 28.0 Å². The maximum absolute atomic E-state index is 12.1. The van der Waals surface area contributed by atoms with Gasteiger partial charge < -0.3 is 10.1 Å². The van der Waals surface area contributed by atoms with Gasteiger partial charge in [-0.25, -0.2) is 4.79 Å². The van der Waals surface area contributed by atoms with Crippen molar-refractivity contribution in [1.29, 1.82) is 0 Å². The van der Waals surface area contributed by atoms with E-state index in [0.29, 0.717) is 0 Å². The van der Waals surface area contributed by atoms with Crippen LogP contribution in [0.25, 0.3) is 0 Å². The Kier molecular flexibility index (Phi) is 5.31. The molecule has 2 N–H and O–H groups in total. The lowest BCUT2D eigenvalue weighted by Gasteiger charge is -2.26. The summed E-state index contributed by atoms with van der Waals surface area (Å²) in [5.74, 6) is -1.13. The lowest BCUT2D eigenvalue weighted by molar-refractivity contribution is -0.149. The van der Waals surface area contributed by atoms with Crippen LogP contribution in [0.5, 0.6) is 0 Å². The van der Waals surface area contributed by atoms with Gasteiger partial charge in [-0.3, -0.25) is 23.9 Å². The minimum atomic E-state index is -0.738. The van der Waals surface area contributed by atoms with Gasteiger partial charge in [-0.1, -0.05) is 24.3 Å². The summed E-state index contributed by atoms with van der Waals surface area (Å²) in [6, 6.07) is 8.99. The highest BCUT2D eigenvalue weighted by Crippen LogP contribution is 2.29. The number of amides is 1. The molecule has 26 heavy (non-hydrogen) atoms. The van der Waals surface area contributed by atoms with Gasteiger partial charge in [0.25, 0.3) is 11.5 Å². The van der Waals surface area contributed by atoms with E-state index >= 15 is 0 Å². The molecule has 8 heteroatoms. The summed E-state index contributed by atoms with van der Waals surface area (Å²) in [4.78, 5) is 48.4. The molecule has 0 fully saturated rings. The van der Waals surface area contributed by atoms with Crippen LogP contribution >= 0.6 is 0 Å². The first-order chi connectivity index (χ1) is 12.5. The van der Waals surface area contributed by atoms with Crippen molar-refractivity contribution >= 4 is 11.9 Å². The van der Waals surface area contributed by atoms with Gasteiger partial charge in [0, 0.05) is 12.3 Å². The van der Waals surface area contributed by atoms with Crippen LogP contribution in [-0.2, 0) is 27.3 Å². The van der Waals surface area contributed by atoms with Crippen LogP contribution in [0.2, 0.25) is 0 Å². The van der Waals surface area contributed by atoms with Crippen molar-refractivity contribution in [3.8, 4) is 0 Å². The fourth-order valence-corrected chi connectivity index (χ4v) is 3.04. The molecule has 0 saturated carbocycles. The summed E-state index contributed by atoms with van der Waals surface area (Å²) in [5.41, 5.74) is 1.06. The van der Waals surface area contributed by atoms with Crippen LogP contribution < -0.4 is 16.6 Å². The van der Waals surface area contributed by atoms with E-state index in [4.69, 9.17) is 4.74 Å². The van der Waals surface area contributed by atoms with Gasteiger partial charge >= 0.3 is 11.7 Å². The van der Waals surface area contributed by atoms with E-state index < -0.39 is 29.7 Å². The van der Waals surface area contributed by atoms with Gasteiger partial charge in [-0.15, -0.1) is 0 Å². The Balaban J connectivity index is 1.52. The number of H-pyrrole nitrogens is 1. The molecular formula is C18H19N3O5. The second kappa shape index (κ2) is 7.81. The number of rotatable bonds is 5. The van der Waals surface area contributed by atoms with Crippen molar-refractivity contribution in [1.82, 2.24) is 14.9 Å². The van der Waals surface area contributed by atoms with E-state index in [9.17, 15) is 19.2 Å². The number of fused-ring (bicyclic) bond motifs is 1. The molecular weight excluding hydrogens is 338 g/mol. The lowest BCUT2D eigenvalue weighted by atomic mass is 9.88. The van der Waals surface area contributed by atoms with E-state index in [1.165, 1.54) is 11.8 Å². The van der Waals surface area contributed by atoms with Crippen LogP contribution in [0.4, 0.5) is 0 Å². The first-order valence-electron chi connectivity index (χ1n) is 8.35. The number of carbonyl (C=O) groups excluding carboxylic acids is 2. The number of hydrogen-bond donors (Lipinski definition) is 2. The Morgan fingerprint density at radius 2 is 2.04 bits per heavy atom. The average molecular weight is 357 g/mol. The highest BCUT2D eigenvalue weighted by atomic mass is 16.5. The number of aromatic nitrogens is 2. The summed E-state index contributed by atoms with van der Waals surface area (Å²) in [5, 5.41) is 2.88. The number of aromatic amines is 1. The summed E-state index contributed by atoms with van der Waals surface area (Å²) in [6.45, 7) is -0.801. The molecule has 0 bridgehead atoms. The zero-order valence-electron chi connectivity index (χ0n) is 14.1. The highest BCUT2D eigenvalue weighted by Gasteiger charge is 2.21. The third kappa shape index (κ3) is 4.27. The smallest absolute Gasteiger partial charge is 0.328 e. The Labute approximate surface area is 148 Å². The number of nitrogens with zero attached hydrogens (tertiary/aromatic N) is 1. The summed E-state index contributed by atoms with van der Waals surface area (Å²) in [7, 11) is 0. The van der Waals surface area contributed by atoms with Crippen molar-refractivity contribution in [3.63, 3.8) is 0 Å². The number of carbonyl (C=O) groups is 2. The molecule has 136 valence electrons. The normalized spacial score (nSPS) is 15.8. The van der Waals surface area contributed by atoms with Crippen molar-refractivity contribution in [2.45, 2.75) is 31.8 Å².